The van der Waals surface area contributed by atoms with E-state index >= 15 is 0 Å². The number of aliphatic hydroxyl groups is 1. The van der Waals surface area contributed by atoms with E-state index in [0.29, 0.717) is 12.5 Å². The lowest BCUT2D eigenvalue weighted by Crippen LogP contribution is -2.25. The number of aromatic nitrogens is 3. The van der Waals surface area contributed by atoms with Gasteiger partial charge >= 0.3 is 0 Å². The van der Waals surface area contributed by atoms with Crippen LogP contribution in [0.4, 0.5) is 11.6 Å². The summed E-state index contributed by atoms with van der Waals surface area (Å²) in [5.74, 6) is 2.08. The van der Waals surface area contributed by atoms with Crippen LogP contribution in [0.2, 0.25) is 0 Å². The van der Waals surface area contributed by atoms with Gasteiger partial charge in [-0.25, -0.2) is 4.98 Å². The molecule has 1 aromatic carbocycles. The van der Waals surface area contributed by atoms with Crippen molar-refractivity contribution in [1.82, 2.24) is 19.9 Å². The fourth-order valence-electron chi connectivity index (χ4n) is 3.65. The Bertz CT molecular complexity index is 923. The summed E-state index contributed by atoms with van der Waals surface area (Å²) < 4.78 is 1.88. The van der Waals surface area contributed by atoms with E-state index in [9.17, 15) is 5.11 Å². The van der Waals surface area contributed by atoms with Gasteiger partial charge in [-0.3, -0.25) is 0 Å². The highest BCUT2D eigenvalue weighted by atomic mass is 16.3. The number of nitrogens with zero attached hydrogens (tertiary/aromatic N) is 3. The molecule has 3 heterocycles. The molecular formula is C21H28N6O. The van der Waals surface area contributed by atoms with Gasteiger partial charge in [-0.05, 0) is 17.9 Å². The lowest BCUT2D eigenvalue weighted by Gasteiger charge is -2.16. The van der Waals surface area contributed by atoms with E-state index < -0.39 is 0 Å². The van der Waals surface area contributed by atoms with Crippen molar-refractivity contribution in [2.75, 3.05) is 23.8 Å². The van der Waals surface area contributed by atoms with Crippen molar-refractivity contribution in [2.24, 2.45) is 0 Å². The molecule has 4 N–H and O–H groups in total. The van der Waals surface area contributed by atoms with Gasteiger partial charge in [0.25, 0.3) is 0 Å². The molecule has 148 valence electrons. The van der Waals surface area contributed by atoms with Crippen molar-refractivity contribution in [3.63, 3.8) is 0 Å². The van der Waals surface area contributed by atoms with Crippen LogP contribution in [0.5, 0.6) is 0 Å². The van der Waals surface area contributed by atoms with Crippen LogP contribution in [0.1, 0.15) is 37.3 Å². The van der Waals surface area contributed by atoms with Gasteiger partial charge in [-0.1, -0.05) is 44.2 Å². The van der Waals surface area contributed by atoms with Gasteiger partial charge in [0.1, 0.15) is 11.6 Å². The molecule has 0 amide bonds. The maximum atomic E-state index is 9.36. The fourth-order valence-corrected chi connectivity index (χ4v) is 3.65. The normalized spacial score (nSPS) is 19.4. The van der Waals surface area contributed by atoms with Crippen LogP contribution in [0.15, 0.2) is 42.6 Å². The zero-order valence-electron chi connectivity index (χ0n) is 16.4. The standard InChI is InChI=1S/C21H28N6O/c1-14(2)18-12-24-27-20(23-10-15-6-4-3-5-7-15)9-19(26-21(18)27)25-16-8-17(13-28)22-11-16/h3-7,9,12,14,16-17,22-23,28H,8,10-11,13H2,1-2H3,(H,25,26)/t16?,17-/m0/s1. The van der Waals surface area contributed by atoms with E-state index in [1.165, 1.54) is 5.56 Å². The first-order valence-electron chi connectivity index (χ1n) is 9.91. The van der Waals surface area contributed by atoms with Gasteiger partial charge in [-0.2, -0.15) is 9.61 Å². The van der Waals surface area contributed by atoms with Crippen molar-refractivity contribution >= 4 is 17.3 Å². The molecule has 1 fully saturated rings. The van der Waals surface area contributed by atoms with E-state index in [1.807, 2.05) is 35.0 Å². The average molecular weight is 380 g/mol. The molecule has 1 aliphatic rings. The summed E-state index contributed by atoms with van der Waals surface area (Å²) in [6.45, 7) is 6.01. The monoisotopic (exact) mass is 380 g/mol. The molecule has 3 aromatic rings. The zero-order valence-corrected chi connectivity index (χ0v) is 16.4. The van der Waals surface area contributed by atoms with Crippen molar-refractivity contribution in [1.29, 1.82) is 0 Å². The van der Waals surface area contributed by atoms with Gasteiger partial charge in [0, 0.05) is 36.8 Å². The highest BCUT2D eigenvalue weighted by Crippen LogP contribution is 2.25. The summed E-state index contributed by atoms with van der Waals surface area (Å²) in [5, 5.41) is 24.3. The smallest absolute Gasteiger partial charge is 0.163 e. The van der Waals surface area contributed by atoms with E-state index in [-0.39, 0.29) is 18.7 Å². The number of benzene rings is 1. The fraction of sp³-hybridized carbons (Fsp3) is 0.429. The lowest BCUT2D eigenvalue weighted by atomic mass is 10.1. The van der Waals surface area contributed by atoms with Gasteiger partial charge < -0.3 is 21.1 Å². The number of rotatable bonds is 7. The number of fused-ring (bicyclic) bond motifs is 1. The first-order valence-corrected chi connectivity index (χ1v) is 9.91. The molecular weight excluding hydrogens is 352 g/mol. The molecule has 7 nitrogen and oxygen atoms in total. The Hall–Kier alpha value is -2.64. The molecule has 28 heavy (non-hydrogen) atoms. The van der Waals surface area contributed by atoms with E-state index in [1.54, 1.807) is 0 Å². The predicted octanol–water partition coefficient (Wildman–Crippen LogP) is 2.60. The SMILES string of the molecule is CC(C)c1cnn2c(NCc3ccccc3)cc(NC3CN[C@H](CO)C3)nc12. The first kappa shape index (κ1) is 18.7. The molecule has 0 saturated carbocycles. The quantitative estimate of drug-likeness (QED) is 0.504. The second-order valence-corrected chi connectivity index (χ2v) is 7.72. The Morgan fingerprint density at radius 3 is 2.82 bits per heavy atom. The van der Waals surface area contributed by atoms with Crippen LogP contribution >= 0.6 is 0 Å². The summed E-state index contributed by atoms with van der Waals surface area (Å²) >= 11 is 0. The number of hydrogen-bond acceptors (Lipinski definition) is 6. The van der Waals surface area contributed by atoms with E-state index in [2.05, 4.69) is 47.0 Å². The predicted molar refractivity (Wildman–Crippen MR) is 112 cm³/mol. The Balaban J connectivity index is 1.62. The van der Waals surface area contributed by atoms with E-state index in [4.69, 9.17) is 4.98 Å². The number of anilines is 2. The lowest BCUT2D eigenvalue weighted by molar-refractivity contribution is 0.254. The maximum Gasteiger partial charge on any atom is 0.163 e. The summed E-state index contributed by atoms with van der Waals surface area (Å²) in [6, 6.07) is 12.7. The minimum absolute atomic E-state index is 0.151. The Labute approximate surface area is 165 Å². The van der Waals surface area contributed by atoms with Crippen molar-refractivity contribution in [3.05, 3.63) is 53.7 Å². The van der Waals surface area contributed by atoms with Crippen LogP contribution in [0.3, 0.4) is 0 Å². The minimum Gasteiger partial charge on any atom is -0.395 e. The molecule has 1 saturated heterocycles. The van der Waals surface area contributed by atoms with Crippen LogP contribution in [-0.2, 0) is 6.54 Å². The minimum atomic E-state index is 0.151. The first-order chi connectivity index (χ1) is 13.6. The molecule has 0 aliphatic carbocycles. The number of aliphatic hydroxyl groups excluding tert-OH is 1. The Morgan fingerprint density at radius 2 is 2.11 bits per heavy atom. The van der Waals surface area contributed by atoms with Crippen LogP contribution in [0, 0.1) is 0 Å². The zero-order chi connectivity index (χ0) is 19.5. The molecule has 4 rings (SSSR count). The highest BCUT2D eigenvalue weighted by molar-refractivity contribution is 5.61. The maximum absolute atomic E-state index is 9.36. The van der Waals surface area contributed by atoms with Crippen LogP contribution in [0.25, 0.3) is 5.65 Å². The highest BCUT2D eigenvalue weighted by Gasteiger charge is 2.24. The van der Waals surface area contributed by atoms with Gasteiger partial charge in [0.05, 0.1) is 12.8 Å². The van der Waals surface area contributed by atoms with Crippen LogP contribution < -0.4 is 16.0 Å². The van der Waals surface area contributed by atoms with Crippen molar-refractivity contribution in [3.8, 4) is 0 Å². The third kappa shape index (κ3) is 3.95. The third-order valence-electron chi connectivity index (χ3n) is 5.23. The van der Waals surface area contributed by atoms with E-state index in [0.717, 1.165) is 35.8 Å². The molecule has 0 radical (unpaired) electrons. The third-order valence-corrected chi connectivity index (χ3v) is 5.23. The van der Waals surface area contributed by atoms with Crippen molar-refractivity contribution in [2.45, 2.75) is 44.8 Å². The summed E-state index contributed by atoms with van der Waals surface area (Å²) in [4.78, 5) is 4.85. The molecule has 1 aliphatic heterocycles. The molecule has 2 atom stereocenters. The molecule has 0 bridgehead atoms. The second-order valence-electron chi connectivity index (χ2n) is 7.72. The van der Waals surface area contributed by atoms with Gasteiger partial charge in [-0.15, -0.1) is 0 Å². The second kappa shape index (κ2) is 8.16. The molecule has 7 heteroatoms. The summed E-state index contributed by atoms with van der Waals surface area (Å²) in [6.07, 6.45) is 2.79. The molecule has 0 spiro atoms. The molecule has 1 unspecified atom stereocenters. The molecule has 2 aromatic heterocycles. The average Bonchev–Trinajstić information content (AvgIpc) is 3.33. The number of nitrogens with one attached hydrogen (secondary N) is 3. The number of hydrogen-bond donors (Lipinski definition) is 4. The Kier molecular flexibility index (Phi) is 5.45. The van der Waals surface area contributed by atoms with Crippen LogP contribution in [-0.4, -0.2) is 44.9 Å². The summed E-state index contributed by atoms with van der Waals surface area (Å²) in [5.41, 5.74) is 3.22. The summed E-state index contributed by atoms with van der Waals surface area (Å²) in [7, 11) is 0. The topological polar surface area (TPSA) is 86.5 Å². The van der Waals surface area contributed by atoms with Gasteiger partial charge in [0.15, 0.2) is 5.65 Å². The largest absolute Gasteiger partial charge is 0.395 e. The van der Waals surface area contributed by atoms with Gasteiger partial charge in [0.2, 0.25) is 0 Å². The Morgan fingerprint density at radius 1 is 1.29 bits per heavy atom. The van der Waals surface area contributed by atoms with Crippen molar-refractivity contribution < 1.29 is 5.11 Å².